The van der Waals surface area contributed by atoms with Gasteiger partial charge >= 0.3 is 0 Å². The molecule has 8 heteroatoms. The zero-order chi connectivity index (χ0) is 20.3. The largest absolute Gasteiger partial charge is 0.396 e. The number of hydrogen-bond donors (Lipinski definition) is 1. The molecule has 2 aliphatic heterocycles. The molecule has 2 amide bonds. The molecule has 0 radical (unpaired) electrons. The molecule has 2 aliphatic rings. The van der Waals surface area contributed by atoms with Crippen molar-refractivity contribution in [2.45, 2.75) is 51.6 Å². The van der Waals surface area contributed by atoms with E-state index in [4.69, 9.17) is 12.2 Å². The molecule has 152 valence electrons. The predicted molar refractivity (Wildman–Crippen MR) is 119 cm³/mol. The van der Waals surface area contributed by atoms with Crippen LogP contribution < -0.4 is 0 Å². The number of piperidine rings is 1. The predicted octanol–water partition coefficient (Wildman–Crippen LogP) is 3.74. The Morgan fingerprint density at radius 3 is 2.86 bits per heavy atom. The molecule has 2 saturated heterocycles. The van der Waals surface area contributed by atoms with E-state index in [1.807, 2.05) is 42.3 Å². The second-order valence-electron chi connectivity index (χ2n) is 7.45. The van der Waals surface area contributed by atoms with E-state index < -0.39 is 6.04 Å². The summed E-state index contributed by atoms with van der Waals surface area (Å²) in [4.78, 5) is 31.6. The first-order chi connectivity index (χ1) is 13.4. The zero-order valence-corrected chi connectivity index (χ0v) is 18.6. The molecule has 1 N–H and O–H groups in total. The van der Waals surface area contributed by atoms with Crippen molar-refractivity contribution in [1.29, 1.82) is 0 Å². The first kappa shape index (κ1) is 21.5. The smallest absolute Gasteiger partial charge is 0.266 e. The molecule has 5 nitrogen and oxygen atoms in total. The summed E-state index contributed by atoms with van der Waals surface area (Å²) in [5.74, 6) is -0.305. The van der Waals surface area contributed by atoms with E-state index in [-0.39, 0.29) is 30.4 Å². The normalized spacial score (nSPS) is 23.1. The summed E-state index contributed by atoms with van der Waals surface area (Å²) in [5, 5.41) is 11.3. The zero-order valence-electron chi connectivity index (χ0n) is 16.2. The molecule has 0 bridgehead atoms. The highest BCUT2D eigenvalue weighted by Gasteiger charge is 2.44. The fourth-order valence-corrected chi connectivity index (χ4v) is 5.88. The second kappa shape index (κ2) is 9.52. The monoisotopic (exact) mass is 438 g/mol. The quantitative estimate of drug-likeness (QED) is 0.542. The van der Waals surface area contributed by atoms with Crippen LogP contribution in [0.1, 0.15) is 44.4 Å². The van der Waals surface area contributed by atoms with Gasteiger partial charge < -0.3 is 10.0 Å². The van der Waals surface area contributed by atoms with Gasteiger partial charge in [0.2, 0.25) is 5.91 Å². The summed E-state index contributed by atoms with van der Waals surface area (Å²) < 4.78 is 0.440. The summed E-state index contributed by atoms with van der Waals surface area (Å²) >= 11 is 8.33. The van der Waals surface area contributed by atoms with Crippen LogP contribution in [0.5, 0.6) is 0 Å². The number of nitrogens with zero attached hydrogens (tertiary/aromatic N) is 2. The van der Waals surface area contributed by atoms with Crippen molar-refractivity contribution >= 4 is 57.5 Å². The molecule has 3 heterocycles. The molecular weight excluding hydrogens is 412 g/mol. The Morgan fingerprint density at radius 1 is 1.43 bits per heavy atom. The van der Waals surface area contributed by atoms with Crippen LogP contribution in [0.25, 0.3) is 6.08 Å². The third kappa shape index (κ3) is 4.50. The van der Waals surface area contributed by atoms with Gasteiger partial charge in [0.1, 0.15) is 10.4 Å². The van der Waals surface area contributed by atoms with Gasteiger partial charge in [-0.3, -0.25) is 14.5 Å². The number of amides is 2. The third-order valence-corrected chi connectivity index (χ3v) is 7.33. The van der Waals surface area contributed by atoms with Crippen LogP contribution in [-0.4, -0.2) is 56.3 Å². The van der Waals surface area contributed by atoms with Gasteiger partial charge in [-0.1, -0.05) is 43.9 Å². The van der Waals surface area contributed by atoms with Gasteiger partial charge in [-0.05, 0) is 49.1 Å². The van der Waals surface area contributed by atoms with Gasteiger partial charge in [-0.15, -0.1) is 11.3 Å². The van der Waals surface area contributed by atoms with Crippen LogP contribution in [0.3, 0.4) is 0 Å². The van der Waals surface area contributed by atoms with Crippen LogP contribution in [0, 0.1) is 5.92 Å². The van der Waals surface area contributed by atoms with E-state index in [1.54, 1.807) is 11.3 Å². The summed E-state index contributed by atoms with van der Waals surface area (Å²) in [6, 6.07) is 3.32. The standard InChI is InChI=1S/C20H26N2O3S3/c1-13(2)17(19(25)21-9-4-3-6-14(21)8-10-23)22-18(24)16(28-20(22)26)12-15-7-5-11-27-15/h5,7,11-14,17,23H,3-4,6,8-10H2,1-2H3/b16-12-/t14-,17+/m0/s1. The maximum absolute atomic E-state index is 13.5. The van der Waals surface area contributed by atoms with E-state index in [1.165, 1.54) is 16.7 Å². The fraction of sp³-hybridized carbons (Fsp3) is 0.550. The minimum atomic E-state index is -0.610. The van der Waals surface area contributed by atoms with Gasteiger partial charge in [-0.25, -0.2) is 0 Å². The molecule has 0 spiro atoms. The highest BCUT2D eigenvalue weighted by Crippen LogP contribution is 2.37. The van der Waals surface area contributed by atoms with Gasteiger partial charge in [-0.2, -0.15) is 0 Å². The number of rotatable bonds is 6. The van der Waals surface area contributed by atoms with Crippen molar-refractivity contribution in [2.24, 2.45) is 5.92 Å². The summed E-state index contributed by atoms with van der Waals surface area (Å²) in [6.07, 6.45) is 5.34. The van der Waals surface area contributed by atoms with Gasteiger partial charge in [0.25, 0.3) is 5.91 Å². The number of thioether (sulfide) groups is 1. The number of carbonyl (C=O) groups is 2. The van der Waals surface area contributed by atoms with Gasteiger partial charge in [0, 0.05) is 24.1 Å². The molecular formula is C20H26N2O3S3. The number of hydrogen-bond acceptors (Lipinski definition) is 6. The Balaban J connectivity index is 1.86. The van der Waals surface area contributed by atoms with Crippen molar-refractivity contribution in [3.63, 3.8) is 0 Å². The molecule has 2 fully saturated rings. The lowest BCUT2D eigenvalue weighted by Gasteiger charge is -2.40. The number of likely N-dealkylation sites (tertiary alicyclic amines) is 1. The maximum Gasteiger partial charge on any atom is 0.266 e. The molecule has 0 aromatic carbocycles. The SMILES string of the molecule is CC(C)[C@H](C(=O)N1CCCC[C@H]1CCO)N1C(=O)/C(=C/c2cccs2)SC1=S. The number of carbonyl (C=O) groups excluding carboxylic acids is 2. The molecule has 3 rings (SSSR count). The number of thiophene rings is 1. The van der Waals surface area contributed by atoms with Crippen molar-refractivity contribution in [3.8, 4) is 0 Å². The number of aliphatic hydroxyl groups is 1. The molecule has 2 atom stereocenters. The highest BCUT2D eigenvalue weighted by atomic mass is 32.2. The molecule has 0 aliphatic carbocycles. The highest BCUT2D eigenvalue weighted by molar-refractivity contribution is 8.26. The summed E-state index contributed by atoms with van der Waals surface area (Å²) in [6.45, 7) is 4.64. The van der Waals surface area contributed by atoms with E-state index in [0.717, 1.165) is 24.1 Å². The van der Waals surface area contributed by atoms with Crippen LogP contribution in [0.4, 0.5) is 0 Å². The average Bonchev–Trinajstić information content (AvgIpc) is 3.26. The third-order valence-electron chi connectivity index (χ3n) is 5.18. The lowest BCUT2D eigenvalue weighted by Crippen LogP contribution is -2.56. The van der Waals surface area contributed by atoms with Crippen LogP contribution in [-0.2, 0) is 9.59 Å². The van der Waals surface area contributed by atoms with Gasteiger partial charge in [0.15, 0.2) is 0 Å². The van der Waals surface area contributed by atoms with Crippen LogP contribution in [0.15, 0.2) is 22.4 Å². The Morgan fingerprint density at radius 2 is 2.21 bits per heavy atom. The van der Waals surface area contributed by atoms with Crippen molar-refractivity contribution in [2.75, 3.05) is 13.2 Å². The van der Waals surface area contributed by atoms with Crippen molar-refractivity contribution in [1.82, 2.24) is 9.80 Å². The van der Waals surface area contributed by atoms with Crippen LogP contribution in [0.2, 0.25) is 0 Å². The Bertz CT molecular complexity index is 759. The molecule has 28 heavy (non-hydrogen) atoms. The van der Waals surface area contributed by atoms with E-state index in [0.29, 0.717) is 22.2 Å². The molecule has 1 aromatic rings. The first-order valence-electron chi connectivity index (χ1n) is 9.66. The van der Waals surface area contributed by atoms with Crippen molar-refractivity contribution < 1.29 is 14.7 Å². The summed E-state index contributed by atoms with van der Waals surface area (Å²) in [7, 11) is 0. The van der Waals surface area contributed by atoms with Crippen LogP contribution >= 0.6 is 35.3 Å². The Labute approximate surface area is 179 Å². The maximum atomic E-state index is 13.5. The van der Waals surface area contributed by atoms with E-state index >= 15 is 0 Å². The van der Waals surface area contributed by atoms with Crippen molar-refractivity contribution in [3.05, 3.63) is 27.3 Å². The van der Waals surface area contributed by atoms with E-state index in [9.17, 15) is 14.7 Å². The lowest BCUT2D eigenvalue weighted by molar-refractivity contribution is -0.145. The second-order valence-corrected chi connectivity index (χ2v) is 10.1. The van der Waals surface area contributed by atoms with Gasteiger partial charge in [0.05, 0.1) is 4.91 Å². The first-order valence-corrected chi connectivity index (χ1v) is 11.8. The van der Waals surface area contributed by atoms with E-state index in [2.05, 4.69) is 0 Å². The fourth-order valence-electron chi connectivity index (χ4n) is 3.83. The number of aliphatic hydroxyl groups excluding tert-OH is 1. The number of thiocarbonyl (C=S) groups is 1. The summed E-state index contributed by atoms with van der Waals surface area (Å²) in [5.41, 5.74) is 0. The topological polar surface area (TPSA) is 60.9 Å². The Kier molecular flexibility index (Phi) is 7.31. The molecule has 1 aromatic heterocycles. The minimum Gasteiger partial charge on any atom is -0.396 e. The Hall–Kier alpha value is -1.22. The average molecular weight is 439 g/mol. The molecule has 0 unspecified atom stereocenters. The lowest BCUT2D eigenvalue weighted by atomic mass is 9.95. The minimum absolute atomic E-state index is 0.0348. The molecule has 0 saturated carbocycles.